The van der Waals surface area contributed by atoms with Crippen LogP contribution in [0.2, 0.25) is 10.0 Å². The summed E-state index contributed by atoms with van der Waals surface area (Å²) in [6, 6.07) is 2.64. The number of benzene rings is 1. The molecular formula is C14H15Cl2NO4. The van der Waals surface area contributed by atoms with Gasteiger partial charge in [0.2, 0.25) is 5.91 Å². The van der Waals surface area contributed by atoms with Crippen molar-refractivity contribution in [3.63, 3.8) is 0 Å². The standard InChI is InChI=1S/C14H15Cl2NO4/c15-8-5-10(14(19)20)13(11(16)6-8)17-12(18)7-9-3-1-2-4-21-9/h5-6,9H,1-4,7H2,(H,17,18)(H,19,20). The Morgan fingerprint density at radius 3 is 2.71 bits per heavy atom. The third kappa shape index (κ3) is 4.33. The summed E-state index contributed by atoms with van der Waals surface area (Å²) in [4.78, 5) is 23.2. The van der Waals surface area contributed by atoms with Gasteiger partial charge >= 0.3 is 5.97 Å². The summed E-state index contributed by atoms with van der Waals surface area (Å²) >= 11 is 11.7. The molecule has 1 amide bonds. The molecule has 1 aliphatic rings. The third-order valence-electron chi connectivity index (χ3n) is 3.24. The average Bonchev–Trinajstić information content (AvgIpc) is 2.42. The Bertz CT molecular complexity index is 556. The maximum Gasteiger partial charge on any atom is 0.337 e. The summed E-state index contributed by atoms with van der Waals surface area (Å²) in [7, 11) is 0. The molecule has 7 heteroatoms. The summed E-state index contributed by atoms with van der Waals surface area (Å²) in [6.45, 7) is 0.653. The van der Waals surface area contributed by atoms with Gasteiger partial charge in [-0.15, -0.1) is 0 Å². The molecule has 2 rings (SSSR count). The number of hydrogen-bond donors (Lipinski definition) is 2. The van der Waals surface area contributed by atoms with E-state index in [1.807, 2.05) is 0 Å². The Kier molecular flexibility index (Phi) is 5.45. The van der Waals surface area contributed by atoms with Crippen LogP contribution >= 0.6 is 23.2 Å². The number of ether oxygens (including phenoxy) is 1. The lowest BCUT2D eigenvalue weighted by Gasteiger charge is -2.22. The van der Waals surface area contributed by atoms with Crippen molar-refractivity contribution < 1.29 is 19.4 Å². The SMILES string of the molecule is O=C(CC1CCCCO1)Nc1c(Cl)cc(Cl)cc1C(=O)O. The summed E-state index contributed by atoms with van der Waals surface area (Å²) in [6.07, 6.45) is 2.91. The first-order valence-corrected chi connectivity index (χ1v) is 7.36. The second kappa shape index (κ2) is 7.11. The molecule has 1 aliphatic heterocycles. The van der Waals surface area contributed by atoms with Crippen LogP contribution < -0.4 is 5.32 Å². The molecule has 1 aromatic rings. The molecule has 1 aromatic carbocycles. The molecule has 1 fully saturated rings. The molecule has 21 heavy (non-hydrogen) atoms. The van der Waals surface area contributed by atoms with Crippen LogP contribution in [0, 0.1) is 0 Å². The van der Waals surface area contributed by atoms with E-state index in [2.05, 4.69) is 5.32 Å². The van der Waals surface area contributed by atoms with E-state index in [0.717, 1.165) is 19.3 Å². The van der Waals surface area contributed by atoms with Crippen LogP contribution in [0.5, 0.6) is 0 Å². The summed E-state index contributed by atoms with van der Waals surface area (Å²) in [5, 5.41) is 12.0. The first-order chi connectivity index (χ1) is 9.97. The van der Waals surface area contributed by atoms with Gasteiger partial charge in [0.05, 0.1) is 28.8 Å². The minimum absolute atomic E-state index is 0.0642. The number of carboxylic acids is 1. The highest BCUT2D eigenvalue weighted by atomic mass is 35.5. The van der Waals surface area contributed by atoms with Crippen LogP contribution in [-0.2, 0) is 9.53 Å². The zero-order valence-electron chi connectivity index (χ0n) is 11.2. The predicted octanol–water partition coefficient (Wildman–Crippen LogP) is 3.59. The maximum atomic E-state index is 12.0. The minimum atomic E-state index is -1.20. The van der Waals surface area contributed by atoms with E-state index >= 15 is 0 Å². The first kappa shape index (κ1) is 16.1. The number of carboxylic acid groups (broad SMARTS) is 1. The van der Waals surface area contributed by atoms with E-state index in [0.29, 0.717) is 6.61 Å². The highest BCUT2D eigenvalue weighted by molar-refractivity contribution is 6.37. The molecule has 0 aromatic heterocycles. The van der Waals surface area contributed by atoms with E-state index in [-0.39, 0.29) is 39.7 Å². The predicted molar refractivity (Wildman–Crippen MR) is 80.3 cm³/mol. The Morgan fingerprint density at radius 2 is 2.10 bits per heavy atom. The quantitative estimate of drug-likeness (QED) is 0.883. The van der Waals surface area contributed by atoms with Gasteiger partial charge in [-0.25, -0.2) is 4.79 Å². The lowest BCUT2D eigenvalue weighted by molar-refractivity contribution is -0.119. The topological polar surface area (TPSA) is 75.6 Å². The van der Waals surface area contributed by atoms with Crippen molar-refractivity contribution in [1.82, 2.24) is 0 Å². The van der Waals surface area contributed by atoms with Crippen LogP contribution in [-0.4, -0.2) is 29.7 Å². The average molecular weight is 332 g/mol. The van der Waals surface area contributed by atoms with Crippen LogP contribution in [0.25, 0.3) is 0 Å². The number of carbonyl (C=O) groups excluding carboxylic acids is 1. The van der Waals surface area contributed by atoms with Gasteiger partial charge in [0.15, 0.2) is 0 Å². The van der Waals surface area contributed by atoms with Gasteiger partial charge in [0.1, 0.15) is 0 Å². The summed E-state index contributed by atoms with van der Waals surface area (Å²) in [5.41, 5.74) is -0.0696. The number of halogens is 2. The molecular weight excluding hydrogens is 317 g/mol. The fourth-order valence-corrected chi connectivity index (χ4v) is 2.78. The van der Waals surface area contributed by atoms with Gasteiger partial charge in [-0.3, -0.25) is 4.79 Å². The molecule has 0 radical (unpaired) electrons. The van der Waals surface area contributed by atoms with Crippen LogP contribution in [0.3, 0.4) is 0 Å². The molecule has 0 bridgehead atoms. The van der Waals surface area contributed by atoms with Crippen molar-refractivity contribution in [2.45, 2.75) is 31.8 Å². The van der Waals surface area contributed by atoms with Crippen molar-refractivity contribution in [3.05, 3.63) is 27.7 Å². The number of anilines is 1. The van der Waals surface area contributed by atoms with E-state index in [1.165, 1.54) is 12.1 Å². The molecule has 1 heterocycles. The fourth-order valence-electron chi connectivity index (χ4n) is 2.23. The normalized spacial score (nSPS) is 18.3. The number of amides is 1. The van der Waals surface area contributed by atoms with Crippen molar-refractivity contribution in [2.75, 3.05) is 11.9 Å². The van der Waals surface area contributed by atoms with Crippen LogP contribution in [0.1, 0.15) is 36.0 Å². The highest BCUT2D eigenvalue weighted by Gasteiger charge is 2.21. The Morgan fingerprint density at radius 1 is 1.33 bits per heavy atom. The number of hydrogen-bond acceptors (Lipinski definition) is 3. The second-order valence-corrected chi connectivity index (χ2v) is 5.70. The van der Waals surface area contributed by atoms with Gasteiger partial charge in [0, 0.05) is 11.6 Å². The minimum Gasteiger partial charge on any atom is -0.478 e. The molecule has 1 unspecified atom stereocenters. The Hall–Kier alpha value is -1.30. The van der Waals surface area contributed by atoms with Gasteiger partial charge in [-0.1, -0.05) is 23.2 Å². The van der Waals surface area contributed by atoms with E-state index in [1.54, 1.807) is 0 Å². The molecule has 2 N–H and O–H groups in total. The molecule has 0 aliphatic carbocycles. The van der Waals surface area contributed by atoms with E-state index in [9.17, 15) is 9.59 Å². The van der Waals surface area contributed by atoms with Crippen molar-refractivity contribution in [1.29, 1.82) is 0 Å². The monoisotopic (exact) mass is 331 g/mol. The van der Waals surface area contributed by atoms with Gasteiger partial charge in [-0.05, 0) is 31.4 Å². The van der Waals surface area contributed by atoms with E-state index < -0.39 is 5.97 Å². The van der Waals surface area contributed by atoms with Gasteiger partial charge in [0.25, 0.3) is 0 Å². The van der Waals surface area contributed by atoms with Crippen molar-refractivity contribution >= 4 is 40.8 Å². The second-order valence-electron chi connectivity index (χ2n) is 4.86. The van der Waals surface area contributed by atoms with Crippen molar-refractivity contribution in [3.8, 4) is 0 Å². The number of nitrogens with one attached hydrogen (secondary N) is 1. The summed E-state index contributed by atoms with van der Waals surface area (Å²) in [5.74, 6) is -1.53. The highest BCUT2D eigenvalue weighted by Crippen LogP contribution is 2.30. The fraction of sp³-hybridized carbons (Fsp3) is 0.429. The lowest BCUT2D eigenvalue weighted by atomic mass is 10.1. The zero-order valence-corrected chi connectivity index (χ0v) is 12.7. The third-order valence-corrected chi connectivity index (χ3v) is 3.75. The van der Waals surface area contributed by atoms with Crippen LogP contribution in [0.15, 0.2) is 12.1 Å². The van der Waals surface area contributed by atoms with Gasteiger partial charge < -0.3 is 15.2 Å². The Labute approximate surface area is 132 Å². The number of aromatic carboxylic acids is 1. The largest absolute Gasteiger partial charge is 0.478 e. The Balaban J connectivity index is 2.11. The molecule has 0 spiro atoms. The number of carbonyl (C=O) groups is 2. The number of rotatable bonds is 4. The molecule has 0 saturated carbocycles. The molecule has 1 saturated heterocycles. The molecule has 5 nitrogen and oxygen atoms in total. The first-order valence-electron chi connectivity index (χ1n) is 6.61. The summed E-state index contributed by atoms with van der Waals surface area (Å²) < 4.78 is 5.48. The lowest BCUT2D eigenvalue weighted by Crippen LogP contribution is -2.26. The molecule has 1 atom stereocenters. The van der Waals surface area contributed by atoms with Crippen LogP contribution in [0.4, 0.5) is 5.69 Å². The maximum absolute atomic E-state index is 12.0. The van der Waals surface area contributed by atoms with Crippen molar-refractivity contribution in [2.24, 2.45) is 0 Å². The molecule has 114 valence electrons. The smallest absolute Gasteiger partial charge is 0.337 e. The zero-order chi connectivity index (χ0) is 15.4. The van der Waals surface area contributed by atoms with Gasteiger partial charge in [-0.2, -0.15) is 0 Å². The van der Waals surface area contributed by atoms with E-state index in [4.69, 9.17) is 33.0 Å².